The maximum absolute atomic E-state index is 12.0. The van der Waals surface area contributed by atoms with Crippen molar-refractivity contribution in [2.24, 2.45) is 0 Å². The number of esters is 1. The van der Waals surface area contributed by atoms with Crippen LogP contribution in [-0.4, -0.2) is 38.3 Å². The smallest absolute Gasteiger partial charge is 0.338 e. The number of halogens is 2. The molecule has 0 fully saturated rings. The fraction of sp³-hybridized carbons (Fsp3) is 0.263. The highest BCUT2D eigenvalue weighted by Gasteiger charge is 2.09. The van der Waals surface area contributed by atoms with Crippen molar-refractivity contribution in [2.45, 2.75) is 6.92 Å². The predicted molar refractivity (Wildman–Crippen MR) is 104 cm³/mol. The van der Waals surface area contributed by atoms with Gasteiger partial charge in [0, 0.05) is 17.3 Å². The van der Waals surface area contributed by atoms with Gasteiger partial charge >= 0.3 is 5.97 Å². The molecule has 0 heterocycles. The lowest BCUT2D eigenvalue weighted by atomic mass is 10.2. The summed E-state index contributed by atoms with van der Waals surface area (Å²) in [5.74, 6) is -0.456. The van der Waals surface area contributed by atoms with Crippen molar-refractivity contribution >= 4 is 40.8 Å². The normalized spacial score (nSPS) is 10.3. The largest absolute Gasteiger partial charge is 0.482 e. The van der Waals surface area contributed by atoms with Crippen molar-refractivity contribution in [3.8, 4) is 5.75 Å². The number of hydrogen-bond donors (Lipinski definition) is 1. The van der Waals surface area contributed by atoms with E-state index in [1.54, 1.807) is 36.4 Å². The summed E-state index contributed by atoms with van der Waals surface area (Å²) in [5, 5.41) is 3.47. The second-order valence-corrected chi connectivity index (χ2v) is 6.17. The van der Waals surface area contributed by atoms with E-state index in [4.69, 9.17) is 37.4 Å². The summed E-state index contributed by atoms with van der Waals surface area (Å²) in [6.45, 7) is 2.76. The minimum Gasteiger partial charge on any atom is -0.482 e. The van der Waals surface area contributed by atoms with Crippen molar-refractivity contribution in [3.05, 3.63) is 58.1 Å². The summed E-state index contributed by atoms with van der Waals surface area (Å²) in [4.78, 5) is 23.8. The first-order valence-corrected chi connectivity index (χ1v) is 8.98. The van der Waals surface area contributed by atoms with Gasteiger partial charge in [0.05, 0.1) is 17.2 Å². The third-order valence-electron chi connectivity index (χ3n) is 3.32. The number of carbonyl (C=O) groups excluding carboxylic acids is 2. The van der Waals surface area contributed by atoms with Gasteiger partial charge in [-0.2, -0.15) is 0 Å². The van der Waals surface area contributed by atoms with E-state index in [1.807, 2.05) is 6.92 Å². The van der Waals surface area contributed by atoms with Crippen molar-refractivity contribution in [1.82, 2.24) is 0 Å². The first kappa shape index (κ1) is 21.0. The zero-order valence-corrected chi connectivity index (χ0v) is 16.2. The van der Waals surface area contributed by atoms with Crippen LogP contribution in [-0.2, 0) is 14.3 Å². The molecule has 6 nitrogen and oxygen atoms in total. The van der Waals surface area contributed by atoms with E-state index >= 15 is 0 Å². The Kier molecular flexibility index (Phi) is 8.39. The SMILES string of the molecule is CCOCCOC(=O)c1ccc(NC(=O)COc2ccc(Cl)cc2Cl)cc1. The van der Waals surface area contributed by atoms with E-state index in [1.165, 1.54) is 6.07 Å². The molecule has 1 amide bonds. The number of rotatable bonds is 9. The molecule has 27 heavy (non-hydrogen) atoms. The van der Waals surface area contributed by atoms with Crippen molar-refractivity contribution in [3.63, 3.8) is 0 Å². The molecule has 0 aliphatic carbocycles. The van der Waals surface area contributed by atoms with E-state index in [0.717, 1.165) is 0 Å². The molecule has 0 saturated heterocycles. The number of nitrogens with one attached hydrogen (secondary N) is 1. The average molecular weight is 412 g/mol. The van der Waals surface area contributed by atoms with E-state index < -0.39 is 5.97 Å². The molecule has 144 valence electrons. The summed E-state index contributed by atoms with van der Waals surface area (Å²) in [5.41, 5.74) is 0.908. The lowest BCUT2D eigenvalue weighted by Crippen LogP contribution is -2.20. The molecule has 0 aromatic heterocycles. The molecule has 1 N–H and O–H groups in total. The van der Waals surface area contributed by atoms with Crippen LogP contribution in [0.1, 0.15) is 17.3 Å². The average Bonchev–Trinajstić information content (AvgIpc) is 2.65. The van der Waals surface area contributed by atoms with Gasteiger partial charge in [0.2, 0.25) is 0 Å². The Morgan fingerprint density at radius 1 is 1.04 bits per heavy atom. The van der Waals surface area contributed by atoms with Gasteiger partial charge in [-0.1, -0.05) is 23.2 Å². The third kappa shape index (κ3) is 7.09. The molecular weight excluding hydrogens is 393 g/mol. The highest BCUT2D eigenvalue weighted by Crippen LogP contribution is 2.27. The van der Waals surface area contributed by atoms with Crippen LogP contribution in [0.15, 0.2) is 42.5 Å². The highest BCUT2D eigenvalue weighted by molar-refractivity contribution is 6.35. The molecule has 2 aromatic carbocycles. The zero-order chi connectivity index (χ0) is 19.6. The molecule has 0 aliphatic heterocycles. The van der Waals surface area contributed by atoms with E-state index in [9.17, 15) is 9.59 Å². The predicted octanol–water partition coefficient (Wildman–Crippen LogP) is 4.20. The van der Waals surface area contributed by atoms with E-state index in [0.29, 0.717) is 40.3 Å². The molecule has 2 aromatic rings. The molecule has 0 saturated carbocycles. The summed E-state index contributed by atoms with van der Waals surface area (Å²) in [7, 11) is 0. The Bertz CT molecular complexity index is 780. The Morgan fingerprint density at radius 3 is 2.44 bits per heavy atom. The van der Waals surface area contributed by atoms with Crippen molar-refractivity contribution < 1.29 is 23.8 Å². The first-order valence-electron chi connectivity index (χ1n) is 8.22. The lowest BCUT2D eigenvalue weighted by Gasteiger charge is -2.09. The lowest BCUT2D eigenvalue weighted by molar-refractivity contribution is -0.118. The van der Waals surface area contributed by atoms with Crippen LogP contribution in [0, 0.1) is 0 Å². The van der Waals surface area contributed by atoms with Crippen molar-refractivity contribution in [1.29, 1.82) is 0 Å². The standard InChI is InChI=1S/C19H19Cl2NO5/c1-2-25-9-10-26-19(24)13-3-6-15(7-4-13)22-18(23)12-27-17-8-5-14(20)11-16(17)21/h3-8,11H,2,9-10,12H2,1H3,(H,22,23). The van der Waals surface area contributed by atoms with Crippen molar-refractivity contribution in [2.75, 3.05) is 31.7 Å². The maximum atomic E-state index is 12.0. The Labute approximate surface area is 167 Å². The molecule has 0 aliphatic rings. The van der Waals surface area contributed by atoms with Gasteiger partial charge in [0.25, 0.3) is 5.91 Å². The second-order valence-electron chi connectivity index (χ2n) is 5.32. The number of carbonyl (C=O) groups is 2. The molecule has 8 heteroatoms. The summed E-state index contributed by atoms with van der Waals surface area (Å²) in [6, 6.07) is 11.1. The Morgan fingerprint density at radius 2 is 1.78 bits per heavy atom. The van der Waals surface area contributed by atoms with Gasteiger partial charge < -0.3 is 19.5 Å². The van der Waals surface area contributed by atoms with Crippen LogP contribution >= 0.6 is 23.2 Å². The molecule has 2 rings (SSSR count). The summed E-state index contributed by atoms with van der Waals surface area (Å²) in [6.07, 6.45) is 0. The third-order valence-corrected chi connectivity index (χ3v) is 3.85. The quantitative estimate of drug-likeness (QED) is 0.494. The number of hydrogen-bond acceptors (Lipinski definition) is 5. The van der Waals surface area contributed by atoms with E-state index in [2.05, 4.69) is 5.32 Å². The molecule has 0 unspecified atom stereocenters. The van der Waals surface area contributed by atoms with Crippen LogP contribution in [0.25, 0.3) is 0 Å². The number of benzene rings is 2. The molecule has 0 radical (unpaired) electrons. The van der Waals surface area contributed by atoms with Crippen LogP contribution in [0.3, 0.4) is 0 Å². The van der Waals surface area contributed by atoms with Crippen LogP contribution < -0.4 is 10.1 Å². The first-order chi connectivity index (χ1) is 13.0. The number of amides is 1. The maximum Gasteiger partial charge on any atom is 0.338 e. The zero-order valence-electron chi connectivity index (χ0n) is 14.7. The molecule has 0 spiro atoms. The van der Waals surface area contributed by atoms with Gasteiger partial charge in [0.15, 0.2) is 6.61 Å². The fourth-order valence-corrected chi connectivity index (χ4v) is 2.51. The molecular formula is C19H19Cl2NO5. The molecule has 0 bridgehead atoms. The van der Waals surface area contributed by atoms with Gasteiger partial charge in [-0.25, -0.2) is 4.79 Å². The number of ether oxygens (including phenoxy) is 3. The van der Waals surface area contributed by atoms with Crippen LogP contribution in [0.4, 0.5) is 5.69 Å². The van der Waals surface area contributed by atoms with Crippen LogP contribution in [0.5, 0.6) is 5.75 Å². The summed E-state index contributed by atoms with van der Waals surface area (Å²) < 4.78 is 15.5. The fourth-order valence-electron chi connectivity index (χ4n) is 2.04. The summed E-state index contributed by atoms with van der Waals surface area (Å²) >= 11 is 11.8. The minimum atomic E-state index is -0.451. The van der Waals surface area contributed by atoms with Gasteiger partial charge in [0.1, 0.15) is 12.4 Å². The van der Waals surface area contributed by atoms with Gasteiger partial charge in [-0.15, -0.1) is 0 Å². The van der Waals surface area contributed by atoms with Gasteiger partial charge in [-0.05, 0) is 49.4 Å². The van der Waals surface area contributed by atoms with Gasteiger partial charge in [-0.3, -0.25) is 4.79 Å². The molecule has 0 atom stereocenters. The highest BCUT2D eigenvalue weighted by atomic mass is 35.5. The Hall–Kier alpha value is -2.28. The topological polar surface area (TPSA) is 73.9 Å². The van der Waals surface area contributed by atoms with E-state index in [-0.39, 0.29) is 19.1 Å². The monoisotopic (exact) mass is 411 g/mol. The number of anilines is 1. The second kappa shape index (κ2) is 10.8. The Balaban J connectivity index is 1.81. The van der Waals surface area contributed by atoms with Crippen LogP contribution in [0.2, 0.25) is 10.0 Å². The minimum absolute atomic E-state index is 0.190.